The van der Waals surface area contributed by atoms with Crippen LogP contribution in [0, 0.1) is 0 Å². The maximum Gasteiger partial charge on any atom is 0.267 e. The lowest BCUT2D eigenvalue weighted by Crippen LogP contribution is -2.22. The Balaban J connectivity index is 1.87. The van der Waals surface area contributed by atoms with E-state index in [1.54, 1.807) is 15.9 Å². The summed E-state index contributed by atoms with van der Waals surface area (Å²) < 4.78 is 6.60. The van der Waals surface area contributed by atoms with Crippen molar-refractivity contribution < 1.29 is 14.9 Å². The van der Waals surface area contributed by atoms with Gasteiger partial charge >= 0.3 is 0 Å². The average Bonchev–Trinajstić information content (AvgIpc) is 3.13. The molecule has 0 spiro atoms. The molecule has 0 saturated heterocycles. The summed E-state index contributed by atoms with van der Waals surface area (Å²) in [7, 11) is 1.37. The van der Waals surface area contributed by atoms with Crippen LogP contribution in [0.1, 0.15) is 23.3 Å². The van der Waals surface area contributed by atoms with Gasteiger partial charge in [0.05, 0.1) is 18.2 Å². The number of thiophene rings is 1. The molecule has 0 radical (unpaired) electrons. The van der Waals surface area contributed by atoms with E-state index in [0.29, 0.717) is 27.3 Å². The summed E-state index contributed by atoms with van der Waals surface area (Å²) in [5.74, 6) is -0.0792. The van der Waals surface area contributed by atoms with Gasteiger partial charge in [0.2, 0.25) is 5.75 Å². The molecule has 0 unspecified atom stereocenters. The highest BCUT2D eigenvalue weighted by Crippen LogP contribution is 2.41. The summed E-state index contributed by atoms with van der Waals surface area (Å²) >= 11 is 1.57. The van der Waals surface area contributed by atoms with E-state index < -0.39 is 0 Å². The first-order valence-corrected chi connectivity index (χ1v) is 10.6. The Bertz CT molecular complexity index is 1300. The summed E-state index contributed by atoms with van der Waals surface area (Å²) in [6.45, 7) is 0. The molecular weight excluding hydrogens is 400 g/mol. The van der Waals surface area contributed by atoms with E-state index in [1.165, 1.54) is 24.1 Å². The first kappa shape index (κ1) is 18.7. The standard InChI is InChI=1S/C23H20N2O4S/c1-29-20-16(26)11-13(12-17(20)27)21-24-22-19(15-9-5-6-10-18(15)30-22)23(28)25(21)14-7-3-2-4-8-14/h2-4,7-8,11-12,26-27H,5-6,9-10H2,1H3. The number of para-hydroxylation sites is 1. The van der Waals surface area contributed by atoms with Crippen LogP contribution >= 0.6 is 11.3 Å². The largest absolute Gasteiger partial charge is 0.504 e. The van der Waals surface area contributed by atoms with Gasteiger partial charge in [0.1, 0.15) is 10.7 Å². The third-order valence-corrected chi connectivity index (χ3v) is 6.70. The van der Waals surface area contributed by atoms with Gasteiger partial charge in [-0.3, -0.25) is 9.36 Å². The average molecular weight is 420 g/mol. The smallest absolute Gasteiger partial charge is 0.267 e. The molecule has 0 atom stereocenters. The predicted molar refractivity (Wildman–Crippen MR) is 117 cm³/mol. The number of nitrogens with zero attached hydrogens (tertiary/aromatic N) is 2. The number of benzene rings is 2. The number of aromatic hydroxyl groups is 2. The van der Waals surface area contributed by atoms with Crippen LogP contribution in [0.3, 0.4) is 0 Å². The third kappa shape index (κ3) is 2.85. The zero-order chi connectivity index (χ0) is 20.8. The number of phenolic OH excluding ortho intramolecular Hbond substituents is 2. The number of phenols is 2. The van der Waals surface area contributed by atoms with Crippen LogP contribution in [0.2, 0.25) is 0 Å². The first-order chi connectivity index (χ1) is 14.6. The maximum atomic E-state index is 13.7. The van der Waals surface area contributed by atoms with Crippen molar-refractivity contribution in [3.05, 3.63) is 63.3 Å². The summed E-state index contributed by atoms with van der Waals surface area (Å²) in [6.07, 6.45) is 4.07. The van der Waals surface area contributed by atoms with Gasteiger partial charge < -0.3 is 14.9 Å². The van der Waals surface area contributed by atoms with Gasteiger partial charge in [-0.2, -0.15) is 0 Å². The Kier molecular flexibility index (Phi) is 4.47. The summed E-state index contributed by atoms with van der Waals surface area (Å²) in [6, 6.07) is 12.2. The quantitative estimate of drug-likeness (QED) is 0.513. The van der Waals surface area contributed by atoms with Crippen molar-refractivity contribution in [2.75, 3.05) is 7.11 Å². The van der Waals surface area contributed by atoms with E-state index in [-0.39, 0.29) is 22.8 Å². The van der Waals surface area contributed by atoms with Crippen molar-refractivity contribution in [1.29, 1.82) is 0 Å². The molecule has 4 aromatic rings. The van der Waals surface area contributed by atoms with Gasteiger partial charge in [-0.25, -0.2) is 4.98 Å². The van der Waals surface area contributed by atoms with Crippen molar-refractivity contribution in [1.82, 2.24) is 9.55 Å². The van der Waals surface area contributed by atoms with Gasteiger partial charge in [0, 0.05) is 10.4 Å². The van der Waals surface area contributed by atoms with Crippen LogP contribution in [0.15, 0.2) is 47.3 Å². The Labute approximate surface area is 176 Å². The molecule has 6 nitrogen and oxygen atoms in total. The molecule has 0 aliphatic heterocycles. The van der Waals surface area contributed by atoms with Crippen molar-refractivity contribution in [3.8, 4) is 34.3 Å². The second-order valence-corrected chi connectivity index (χ2v) is 8.43. The van der Waals surface area contributed by atoms with E-state index >= 15 is 0 Å². The number of aromatic nitrogens is 2. The fraction of sp³-hybridized carbons (Fsp3) is 0.217. The molecule has 5 rings (SSSR count). The lowest BCUT2D eigenvalue weighted by molar-refractivity contribution is 0.345. The van der Waals surface area contributed by atoms with Crippen molar-refractivity contribution in [3.63, 3.8) is 0 Å². The number of ether oxygens (including phenoxy) is 1. The van der Waals surface area contributed by atoms with Crippen LogP contribution < -0.4 is 10.3 Å². The molecular formula is C23H20N2O4S. The molecule has 0 amide bonds. The summed E-state index contributed by atoms with van der Waals surface area (Å²) in [5.41, 5.74) is 2.10. The maximum absolute atomic E-state index is 13.7. The fourth-order valence-electron chi connectivity index (χ4n) is 4.15. The zero-order valence-electron chi connectivity index (χ0n) is 16.4. The second-order valence-electron chi connectivity index (χ2n) is 7.35. The molecule has 1 aliphatic carbocycles. The summed E-state index contributed by atoms with van der Waals surface area (Å²) in [4.78, 5) is 20.5. The molecule has 152 valence electrons. The van der Waals surface area contributed by atoms with Crippen molar-refractivity contribution in [2.45, 2.75) is 25.7 Å². The van der Waals surface area contributed by atoms with Gasteiger partial charge in [-0.15, -0.1) is 11.3 Å². The van der Waals surface area contributed by atoms with Crippen LogP contribution in [0.25, 0.3) is 27.3 Å². The molecule has 2 N–H and O–H groups in total. The van der Waals surface area contributed by atoms with E-state index in [2.05, 4.69) is 0 Å². The highest BCUT2D eigenvalue weighted by atomic mass is 32.1. The first-order valence-electron chi connectivity index (χ1n) is 9.81. The SMILES string of the molecule is COc1c(O)cc(-c2nc3sc4c(c3c(=O)n2-c2ccccc2)CCCC4)cc1O. The fourth-order valence-corrected chi connectivity index (χ4v) is 5.40. The molecule has 7 heteroatoms. The highest BCUT2D eigenvalue weighted by Gasteiger charge is 2.24. The Morgan fingerprint density at radius 2 is 1.77 bits per heavy atom. The Morgan fingerprint density at radius 3 is 2.47 bits per heavy atom. The number of aryl methyl sites for hydroxylation is 2. The lowest BCUT2D eigenvalue weighted by atomic mass is 9.97. The van der Waals surface area contributed by atoms with Gasteiger partial charge in [0.25, 0.3) is 5.56 Å². The van der Waals surface area contributed by atoms with E-state index in [4.69, 9.17) is 9.72 Å². The number of rotatable bonds is 3. The normalized spacial score (nSPS) is 13.4. The minimum atomic E-state index is -0.216. The van der Waals surface area contributed by atoms with Crippen LogP contribution in [0.4, 0.5) is 0 Å². The number of hydrogen-bond donors (Lipinski definition) is 2. The molecule has 2 aromatic carbocycles. The minimum absolute atomic E-state index is 0.0139. The second kappa shape index (κ2) is 7.18. The van der Waals surface area contributed by atoms with Gasteiger partial charge in [-0.05, 0) is 55.5 Å². The lowest BCUT2D eigenvalue weighted by Gasteiger charge is -2.15. The van der Waals surface area contributed by atoms with E-state index in [9.17, 15) is 15.0 Å². The topological polar surface area (TPSA) is 84.6 Å². The highest BCUT2D eigenvalue weighted by molar-refractivity contribution is 7.18. The van der Waals surface area contributed by atoms with Gasteiger partial charge in [-0.1, -0.05) is 18.2 Å². The van der Waals surface area contributed by atoms with Crippen LogP contribution in [0.5, 0.6) is 17.2 Å². The molecule has 2 aromatic heterocycles. The molecule has 0 saturated carbocycles. The van der Waals surface area contributed by atoms with Crippen molar-refractivity contribution in [2.24, 2.45) is 0 Å². The van der Waals surface area contributed by atoms with Gasteiger partial charge in [0.15, 0.2) is 11.5 Å². The Hall–Kier alpha value is -3.32. The molecule has 0 bridgehead atoms. The third-order valence-electron chi connectivity index (χ3n) is 5.52. The monoisotopic (exact) mass is 420 g/mol. The molecule has 30 heavy (non-hydrogen) atoms. The number of fused-ring (bicyclic) bond motifs is 3. The number of methoxy groups -OCH3 is 1. The molecule has 0 fully saturated rings. The minimum Gasteiger partial charge on any atom is -0.504 e. The molecule has 1 aliphatic rings. The zero-order valence-corrected chi connectivity index (χ0v) is 17.2. The van der Waals surface area contributed by atoms with Crippen LogP contribution in [-0.4, -0.2) is 26.9 Å². The van der Waals surface area contributed by atoms with E-state index in [1.807, 2.05) is 30.3 Å². The van der Waals surface area contributed by atoms with Crippen molar-refractivity contribution >= 4 is 21.6 Å². The van der Waals surface area contributed by atoms with Crippen LogP contribution in [-0.2, 0) is 12.8 Å². The Morgan fingerprint density at radius 1 is 1.07 bits per heavy atom. The summed E-state index contributed by atoms with van der Waals surface area (Å²) in [5, 5.41) is 21.3. The predicted octanol–water partition coefficient (Wildman–Crippen LogP) is 4.41. The van der Waals surface area contributed by atoms with E-state index in [0.717, 1.165) is 31.2 Å². The molecule has 2 heterocycles. The number of hydrogen-bond acceptors (Lipinski definition) is 6.